The molecule has 0 aromatic carbocycles. The van der Waals surface area contributed by atoms with Crippen LogP contribution in [0.3, 0.4) is 0 Å². The topological polar surface area (TPSA) is 71.4 Å². The molecule has 0 spiro atoms. The summed E-state index contributed by atoms with van der Waals surface area (Å²) in [6.45, 7) is 0. The van der Waals surface area contributed by atoms with E-state index in [1.54, 1.807) is 0 Å². The highest BCUT2D eigenvalue weighted by molar-refractivity contribution is 8.50. The second-order valence-corrected chi connectivity index (χ2v) is 9.22. The molecule has 0 amide bonds. The van der Waals surface area contributed by atoms with Crippen molar-refractivity contribution < 1.29 is 17.5 Å². The van der Waals surface area contributed by atoms with Crippen LogP contribution in [-0.2, 0) is 14.3 Å². The third-order valence-electron chi connectivity index (χ3n) is 1.67. The summed E-state index contributed by atoms with van der Waals surface area (Å²) in [6.07, 6.45) is -1.61. The van der Waals surface area contributed by atoms with Gasteiger partial charge in [-0.15, -0.1) is 0 Å². The second kappa shape index (κ2) is 2.32. The zero-order chi connectivity index (χ0) is 7.83. The Bertz CT molecular complexity index is 257. The summed E-state index contributed by atoms with van der Waals surface area (Å²) in [7, 11) is -4.25. The third-order valence-corrected chi connectivity index (χ3v) is 8.12. The Hall–Kier alpha value is 0.140. The zero-order valence-electron chi connectivity index (χ0n) is 5.36. The van der Waals surface area contributed by atoms with E-state index in [1.165, 1.54) is 0 Å². The van der Waals surface area contributed by atoms with Crippen LogP contribution in [0.5, 0.6) is 0 Å². The van der Waals surface area contributed by atoms with Crippen LogP contribution in [0.4, 0.5) is 0 Å². The average molecular weight is 184 g/mol. The molecule has 0 aromatic heterocycles. The minimum Gasteiger partial charge on any atom is -0.304 e. The molecule has 0 radical (unpaired) electrons. The van der Waals surface area contributed by atoms with E-state index in [0.29, 0.717) is 12.8 Å². The predicted molar refractivity (Wildman–Crippen MR) is 38.1 cm³/mol. The van der Waals surface area contributed by atoms with Gasteiger partial charge in [0.25, 0.3) is 0 Å². The first-order chi connectivity index (χ1) is 4.46. The van der Waals surface area contributed by atoms with Crippen molar-refractivity contribution in [3.63, 3.8) is 0 Å². The quantitative estimate of drug-likeness (QED) is 0.486. The third kappa shape index (κ3) is 1.26. The van der Waals surface area contributed by atoms with Crippen LogP contribution in [0.25, 0.3) is 0 Å². The SMILES string of the molecule is O=P1(S(=O)(=O)O)CCCC1. The largest absolute Gasteiger partial charge is 0.315 e. The Kier molecular flexibility index (Phi) is 1.92. The van der Waals surface area contributed by atoms with Crippen LogP contribution in [0.15, 0.2) is 0 Å². The van der Waals surface area contributed by atoms with Gasteiger partial charge in [0, 0.05) is 12.3 Å². The van der Waals surface area contributed by atoms with Gasteiger partial charge in [0.2, 0.25) is 6.34 Å². The molecule has 1 N–H and O–H groups in total. The molecule has 0 unspecified atom stereocenters. The lowest BCUT2D eigenvalue weighted by Gasteiger charge is -2.03. The highest BCUT2D eigenvalue weighted by Gasteiger charge is 2.39. The van der Waals surface area contributed by atoms with Gasteiger partial charge in [0.15, 0.2) is 0 Å². The molecular formula is C4H9O4PS. The minimum absolute atomic E-state index is 0.159. The molecular weight excluding hydrogens is 175 g/mol. The van der Waals surface area contributed by atoms with Gasteiger partial charge >= 0.3 is 9.74 Å². The summed E-state index contributed by atoms with van der Waals surface area (Å²) < 4.78 is 40.6. The molecule has 0 aliphatic carbocycles. The summed E-state index contributed by atoms with van der Waals surface area (Å²) in [6, 6.07) is 0. The molecule has 0 saturated carbocycles. The smallest absolute Gasteiger partial charge is 0.304 e. The Labute approximate surface area is 59.5 Å². The van der Waals surface area contributed by atoms with Gasteiger partial charge in [-0.2, -0.15) is 8.42 Å². The normalized spacial score (nSPS) is 24.9. The summed E-state index contributed by atoms with van der Waals surface area (Å²) >= 11 is 0. The van der Waals surface area contributed by atoms with Crippen molar-refractivity contribution in [1.82, 2.24) is 0 Å². The van der Waals surface area contributed by atoms with Gasteiger partial charge in [-0.3, -0.25) is 4.55 Å². The first kappa shape index (κ1) is 8.24. The monoisotopic (exact) mass is 184 g/mol. The molecule has 10 heavy (non-hydrogen) atoms. The standard InChI is InChI=1S/C4H9O4PS/c5-9(10(6,7)8)3-1-2-4-9/h1-4H2,(H,6,7,8). The fourth-order valence-corrected chi connectivity index (χ4v) is 5.30. The van der Waals surface area contributed by atoms with Crippen molar-refractivity contribution in [2.45, 2.75) is 12.8 Å². The lowest BCUT2D eigenvalue weighted by atomic mass is 10.4. The maximum absolute atomic E-state index is 11.2. The molecule has 1 fully saturated rings. The summed E-state index contributed by atoms with van der Waals surface area (Å²) in [5.41, 5.74) is 0. The van der Waals surface area contributed by atoms with Gasteiger partial charge in [-0.1, -0.05) is 0 Å². The van der Waals surface area contributed by atoms with Crippen LogP contribution < -0.4 is 0 Å². The average Bonchev–Trinajstić information content (AvgIpc) is 2.13. The number of rotatable bonds is 1. The van der Waals surface area contributed by atoms with E-state index in [9.17, 15) is 13.0 Å². The van der Waals surface area contributed by atoms with Crippen molar-refractivity contribution in [2.75, 3.05) is 12.3 Å². The van der Waals surface area contributed by atoms with Crippen LogP contribution in [0.1, 0.15) is 12.8 Å². The summed E-state index contributed by atoms with van der Waals surface area (Å²) in [4.78, 5) is 0. The Balaban J connectivity index is 3.01. The molecule has 0 atom stereocenters. The Morgan fingerprint density at radius 2 is 1.60 bits per heavy atom. The lowest BCUT2D eigenvalue weighted by Crippen LogP contribution is -2.00. The van der Waals surface area contributed by atoms with Crippen LogP contribution in [0, 0.1) is 0 Å². The summed E-state index contributed by atoms with van der Waals surface area (Å²) in [5, 5.41) is 0. The Morgan fingerprint density at radius 3 is 1.80 bits per heavy atom. The second-order valence-electron chi connectivity index (χ2n) is 2.42. The van der Waals surface area contributed by atoms with Gasteiger partial charge < -0.3 is 4.57 Å². The minimum atomic E-state index is -4.25. The van der Waals surface area contributed by atoms with E-state index in [0.717, 1.165) is 0 Å². The molecule has 1 aliphatic rings. The summed E-state index contributed by atoms with van der Waals surface area (Å²) in [5.74, 6) is 0. The molecule has 6 heteroatoms. The highest BCUT2D eigenvalue weighted by Crippen LogP contribution is 2.56. The fourth-order valence-electron chi connectivity index (χ4n) is 1.05. The van der Waals surface area contributed by atoms with E-state index in [2.05, 4.69) is 0 Å². The Morgan fingerprint density at radius 1 is 1.20 bits per heavy atom. The van der Waals surface area contributed by atoms with Gasteiger partial charge in [0.05, 0.1) is 0 Å². The first-order valence-corrected chi connectivity index (χ1v) is 7.14. The van der Waals surface area contributed by atoms with Crippen molar-refractivity contribution in [3.05, 3.63) is 0 Å². The van der Waals surface area contributed by atoms with E-state index in [1.807, 2.05) is 0 Å². The maximum atomic E-state index is 11.2. The van der Waals surface area contributed by atoms with Crippen LogP contribution in [-0.4, -0.2) is 25.3 Å². The molecule has 1 heterocycles. The molecule has 0 aromatic rings. The van der Waals surface area contributed by atoms with Gasteiger partial charge in [0.1, 0.15) is 0 Å². The first-order valence-electron chi connectivity index (χ1n) is 3.01. The predicted octanol–water partition coefficient (Wildman–Crippen LogP) is 0.946. The lowest BCUT2D eigenvalue weighted by molar-refractivity contribution is 0.493. The highest BCUT2D eigenvalue weighted by atomic mass is 32.8. The van der Waals surface area contributed by atoms with Crippen molar-refractivity contribution in [2.24, 2.45) is 0 Å². The van der Waals surface area contributed by atoms with Crippen molar-refractivity contribution in [3.8, 4) is 0 Å². The molecule has 4 nitrogen and oxygen atoms in total. The van der Waals surface area contributed by atoms with Gasteiger partial charge in [-0.05, 0) is 12.8 Å². The van der Waals surface area contributed by atoms with E-state index in [-0.39, 0.29) is 12.3 Å². The molecule has 1 saturated heterocycles. The maximum Gasteiger partial charge on any atom is 0.315 e. The molecule has 1 aliphatic heterocycles. The van der Waals surface area contributed by atoms with Crippen molar-refractivity contribution in [1.29, 1.82) is 0 Å². The van der Waals surface area contributed by atoms with E-state index in [4.69, 9.17) is 4.55 Å². The van der Waals surface area contributed by atoms with Crippen LogP contribution >= 0.6 is 6.34 Å². The number of hydrogen-bond donors (Lipinski definition) is 1. The van der Waals surface area contributed by atoms with Crippen molar-refractivity contribution >= 4 is 16.1 Å². The molecule has 0 bridgehead atoms. The fraction of sp³-hybridized carbons (Fsp3) is 1.00. The molecule has 1 rings (SSSR count). The van der Waals surface area contributed by atoms with E-state index < -0.39 is 16.1 Å². The van der Waals surface area contributed by atoms with E-state index >= 15 is 0 Å². The van der Waals surface area contributed by atoms with Gasteiger partial charge in [-0.25, -0.2) is 0 Å². The zero-order valence-corrected chi connectivity index (χ0v) is 7.07. The molecule has 60 valence electrons. The number of hydrogen-bond acceptors (Lipinski definition) is 3. The van der Waals surface area contributed by atoms with Crippen LogP contribution in [0.2, 0.25) is 0 Å².